The highest BCUT2D eigenvalue weighted by Gasteiger charge is 2.37. The fourth-order valence-corrected chi connectivity index (χ4v) is 4.73. The van der Waals surface area contributed by atoms with Crippen LogP contribution in [-0.2, 0) is 4.79 Å². The fraction of sp³-hybridized carbons (Fsp3) is 0.240. The van der Waals surface area contributed by atoms with Crippen molar-refractivity contribution in [2.24, 2.45) is 0 Å². The van der Waals surface area contributed by atoms with Crippen molar-refractivity contribution in [3.63, 3.8) is 0 Å². The predicted octanol–water partition coefficient (Wildman–Crippen LogP) is 5.42. The highest BCUT2D eigenvalue weighted by Crippen LogP contribution is 2.50. The lowest BCUT2D eigenvalue weighted by Crippen LogP contribution is -2.27. The highest BCUT2D eigenvalue weighted by atomic mass is 16.5. The summed E-state index contributed by atoms with van der Waals surface area (Å²) >= 11 is 0. The van der Waals surface area contributed by atoms with Gasteiger partial charge in [0.05, 0.1) is 14.2 Å². The standard InChI is InChI=1S/C25H23NO3/c1-28-16-11-13-22(29-2)18(14-16)24-23-17-7-4-3-6-15(17)10-12-20(23)26-19-8-5-9-21(27)25(19)24/h3-4,6-7,10-14,24,26H,5,8-9H2,1-2H3/t24-/m1/s1. The molecule has 4 nitrogen and oxygen atoms in total. The van der Waals surface area contributed by atoms with Crippen LogP contribution in [0.15, 0.2) is 65.9 Å². The molecule has 1 heterocycles. The number of carbonyl (C=O) groups excluding carboxylic acids is 1. The van der Waals surface area contributed by atoms with Crippen molar-refractivity contribution < 1.29 is 14.3 Å². The summed E-state index contributed by atoms with van der Waals surface area (Å²) in [4.78, 5) is 13.1. The molecule has 0 saturated heterocycles. The number of nitrogens with one attached hydrogen (secondary N) is 1. The van der Waals surface area contributed by atoms with E-state index in [1.54, 1.807) is 14.2 Å². The van der Waals surface area contributed by atoms with Gasteiger partial charge in [-0.05, 0) is 53.4 Å². The quantitative estimate of drug-likeness (QED) is 0.654. The highest BCUT2D eigenvalue weighted by molar-refractivity contribution is 6.04. The van der Waals surface area contributed by atoms with Crippen LogP contribution in [-0.4, -0.2) is 20.0 Å². The molecule has 0 aromatic heterocycles. The first-order valence-corrected chi connectivity index (χ1v) is 9.98. The first-order chi connectivity index (χ1) is 14.2. The molecule has 2 aliphatic rings. The van der Waals surface area contributed by atoms with Gasteiger partial charge >= 0.3 is 0 Å². The van der Waals surface area contributed by atoms with Gasteiger partial charge < -0.3 is 14.8 Å². The van der Waals surface area contributed by atoms with Crippen LogP contribution in [0, 0.1) is 0 Å². The average Bonchev–Trinajstić information content (AvgIpc) is 2.77. The van der Waals surface area contributed by atoms with Gasteiger partial charge in [0.2, 0.25) is 0 Å². The molecule has 0 fully saturated rings. The van der Waals surface area contributed by atoms with Crippen molar-refractivity contribution in [2.45, 2.75) is 25.2 Å². The minimum absolute atomic E-state index is 0.190. The average molecular weight is 385 g/mol. The lowest BCUT2D eigenvalue weighted by Gasteiger charge is -2.35. The van der Waals surface area contributed by atoms with Gasteiger partial charge in [0.1, 0.15) is 11.5 Å². The molecule has 0 saturated carbocycles. The maximum Gasteiger partial charge on any atom is 0.161 e. The van der Waals surface area contributed by atoms with Crippen LogP contribution < -0.4 is 14.8 Å². The number of anilines is 1. The largest absolute Gasteiger partial charge is 0.497 e. The van der Waals surface area contributed by atoms with Crippen LogP contribution in [0.25, 0.3) is 10.8 Å². The number of ether oxygens (including phenoxy) is 2. The molecule has 3 aromatic rings. The molecule has 1 aliphatic heterocycles. The molecule has 146 valence electrons. The van der Waals surface area contributed by atoms with Gasteiger partial charge in [-0.3, -0.25) is 4.79 Å². The molecule has 5 rings (SSSR count). The summed E-state index contributed by atoms with van der Waals surface area (Å²) in [5.41, 5.74) is 5.06. The number of ketones is 1. The van der Waals surface area contributed by atoms with Crippen LogP contribution in [0.5, 0.6) is 11.5 Å². The molecule has 1 N–H and O–H groups in total. The molecular weight excluding hydrogens is 362 g/mol. The zero-order chi connectivity index (χ0) is 20.0. The van der Waals surface area contributed by atoms with E-state index in [0.717, 1.165) is 63.2 Å². The SMILES string of the molecule is COc1ccc(OC)c([C@H]2C3=C(CCCC3=O)Nc3ccc4ccccc4c32)c1. The molecule has 0 spiro atoms. The zero-order valence-corrected chi connectivity index (χ0v) is 16.6. The second kappa shape index (κ2) is 6.96. The second-order valence-electron chi connectivity index (χ2n) is 7.58. The summed E-state index contributed by atoms with van der Waals surface area (Å²) in [5.74, 6) is 1.55. The van der Waals surface area contributed by atoms with Crippen molar-refractivity contribution in [3.8, 4) is 11.5 Å². The molecule has 0 amide bonds. The van der Waals surface area contributed by atoms with Crippen LogP contribution in [0.2, 0.25) is 0 Å². The van der Waals surface area contributed by atoms with Crippen LogP contribution in [0.3, 0.4) is 0 Å². The third-order valence-electron chi connectivity index (χ3n) is 6.04. The molecule has 0 radical (unpaired) electrons. The van der Waals surface area contributed by atoms with Gasteiger partial charge in [0.25, 0.3) is 0 Å². The Morgan fingerprint density at radius 2 is 1.83 bits per heavy atom. The summed E-state index contributed by atoms with van der Waals surface area (Å²) in [5, 5.41) is 5.88. The summed E-state index contributed by atoms with van der Waals surface area (Å²) < 4.78 is 11.2. The lowest BCUT2D eigenvalue weighted by atomic mass is 9.74. The van der Waals surface area contributed by atoms with Gasteiger partial charge in [0, 0.05) is 34.9 Å². The van der Waals surface area contributed by atoms with E-state index in [0.29, 0.717) is 6.42 Å². The van der Waals surface area contributed by atoms with E-state index in [2.05, 4.69) is 35.6 Å². The van der Waals surface area contributed by atoms with Crippen molar-refractivity contribution in [1.82, 2.24) is 0 Å². The third-order valence-corrected chi connectivity index (χ3v) is 6.04. The third kappa shape index (κ3) is 2.79. The summed E-state index contributed by atoms with van der Waals surface area (Å²) in [7, 11) is 3.34. The van der Waals surface area contributed by atoms with Gasteiger partial charge in [-0.2, -0.15) is 0 Å². The van der Waals surface area contributed by atoms with Crippen molar-refractivity contribution in [3.05, 3.63) is 77.0 Å². The number of fused-ring (bicyclic) bond motifs is 3. The fourth-order valence-electron chi connectivity index (χ4n) is 4.73. The molecule has 0 bridgehead atoms. The Bertz CT molecular complexity index is 1160. The van der Waals surface area contributed by atoms with Gasteiger partial charge in [0.15, 0.2) is 5.78 Å². The van der Waals surface area contributed by atoms with E-state index in [4.69, 9.17) is 9.47 Å². The van der Waals surface area contributed by atoms with Crippen LogP contribution in [0.1, 0.15) is 36.3 Å². The smallest absolute Gasteiger partial charge is 0.161 e. The number of rotatable bonds is 3. The Hall–Kier alpha value is -3.27. The molecule has 3 aromatic carbocycles. The second-order valence-corrected chi connectivity index (χ2v) is 7.58. The van der Waals surface area contributed by atoms with E-state index in [1.807, 2.05) is 24.3 Å². The predicted molar refractivity (Wildman–Crippen MR) is 115 cm³/mol. The first-order valence-electron chi connectivity index (χ1n) is 9.98. The van der Waals surface area contributed by atoms with E-state index >= 15 is 0 Å². The molecule has 4 heteroatoms. The number of benzene rings is 3. The topological polar surface area (TPSA) is 47.6 Å². The van der Waals surface area contributed by atoms with E-state index < -0.39 is 0 Å². The normalized spacial score (nSPS) is 18.1. The van der Waals surface area contributed by atoms with Crippen LogP contribution >= 0.6 is 0 Å². The Kier molecular flexibility index (Phi) is 4.27. The van der Waals surface area contributed by atoms with Gasteiger partial charge in [-0.1, -0.05) is 30.3 Å². The molecular formula is C25H23NO3. The minimum Gasteiger partial charge on any atom is -0.497 e. The molecule has 0 unspecified atom stereocenters. The number of methoxy groups -OCH3 is 2. The first kappa shape index (κ1) is 17.8. The maximum atomic E-state index is 13.1. The maximum absolute atomic E-state index is 13.1. The van der Waals surface area contributed by atoms with Crippen molar-refractivity contribution in [1.29, 1.82) is 0 Å². The summed E-state index contributed by atoms with van der Waals surface area (Å²) in [6.45, 7) is 0. The number of Topliss-reactive ketones (excluding diaryl/α,β-unsaturated/α-hetero) is 1. The van der Waals surface area contributed by atoms with Crippen molar-refractivity contribution >= 4 is 22.2 Å². The number of allylic oxidation sites excluding steroid dienone is 2. The minimum atomic E-state index is -0.190. The molecule has 1 atom stereocenters. The Labute approximate surface area is 170 Å². The van der Waals surface area contributed by atoms with Crippen LogP contribution in [0.4, 0.5) is 5.69 Å². The number of carbonyl (C=O) groups is 1. The Balaban J connectivity index is 1.86. The number of hydrogen-bond acceptors (Lipinski definition) is 4. The monoisotopic (exact) mass is 385 g/mol. The lowest BCUT2D eigenvalue weighted by molar-refractivity contribution is -0.116. The van der Waals surface area contributed by atoms with Gasteiger partial charge in [-0.25, -0.2) is 0 Å². The van der Waals surface area contributed by atoms with E-state index in [-0.39, 0.29) is 11.7 Å². The summed E-state index contributed by atoms with van der Waals surface area (Å²) in [6, 6.07) is 18.4. The van der Waals surface area contributed by atoms with E-state index in [9.17, 15) is 4.79 Å². The van der Waals surface area contributed by atoms with Gasteiger partial charge in [-0.15, -0.1) is 0 Å². The Morgan fingerprint density at radius 3 is 2.66 bits per heavy atom. The zero-order valence-electron chi connectivity index (χ0n) is 16.6. The van der Waals surface area contributed by atoms with Crippen molar-refractivity contribution in [2.75, 3.05) is 19.5 Å². The summed E-state index contributed by atoms with van der Waals surface area (Å²) in [6.07, 6.45) is 2.36. The van der Waals surface area contributed by atoms with E-state index in [1.165, 1.54) is 0 Å². The molecule has 1 aliphatic carbocycles. The Morgan fingerprint density at radius 1 is 0.966 bits per heavy atom. The molecule has 29 heavy (non-hydrogen) atoms. The number of hydrogen-bond donors (Lipinski definition) is 1.